The van der Waals surface area contributed by atoms with Crippen molar-refractivity contribution in [2.75, 3.05) is 0 Å². The third kappa shape index (κ3) is 3.03. The lowest BCUT2D eigenvalue weighted by Gasteiger charge is -2.27. The minimum atomic E-state index is -0.878. The van der Waals surface area contributed by atoms with E-state index < -0.39 is 17.9 Å². The number of hydrogen-bond acceptors (Lipinski definition) is 3. The minimum Gasteiger partial charge on any atom is -0.352 e. The monoisotopic (exact) mass is 368 g/mol. The highest BCUT2D eigenvalue weighted by Crippen LogP contribution is 2.32. The lowest BCUT2D eigenvalue weighted by molar-refractivity contribution is -0.125. The van der Waals surface area contributed by atoms with Crippen LogP contribution in [0.4, 0.5) is 0 Å². The second-order valence-corrected chi connectivity index (χ2v) is 7.13. The zero-order valence-corrected chi connectivity index (χ0v) is 14.8. The first-order chi connectivity index (χ1) is 11.4. The molecule has 1 fully saturated rings. The van der Waals surface area contributed by atoms with E-state index in [0.717, 1.165) is 30.6 Å². The average molecular weight is 369 g/mol. The predicted octanol–water partition coefficient (Wildman–Crippen LogP) is 3.43. The van der Waals surface area contributed by atoms with Gasteiger partial charge >= 0.3 is 0 Å². The topological polar surface area (TPSA) is 66.5 Å². The number of nitrogens with zero attached hydrogens (tertiary/aromatic N) is 1. The molecule has 0 spiro atoms. The molecule has 3 rings (SSSR count). The van der Waals surface area contributed by atoms with Crippen molar-refractivity contribution >= 4 is 40.9 Å². The first kappa shape index (κ1) is 17.2. The maximum Gasteiger partial charge on any atom is 0.262 e. The van der Waals surface area contributed by atoms with E-state index in [-0.39, 0.29) is 33.1 Å². The number of nitrogens with one attached hydrogen (secondary N) is 1. The highest BCUT2D eigenvalue weighted by Gasteiger charge is 2.41. The molecule has 2 aliphatic rings. The standard InChI is InChI=1S/C17H18Cl2N2O3/c1-9(15(22)20-10-5-3-2-4-6-10)21-16(23)11-7-13(18)14(19)8-12(11)17(21)24/h7-10H,2-6H2,1H3,(H,20,22). The minimum absolute atomic E-state index is 0.118. The van der Waals surface area contributed by atoms with E-state index >= 15 is 0 Å². The van der Waals surface area contributed by atoms with Gasteiger partial charge < -0.3 is 5.32 Å². The van der Waals surface area contributed by atoms with Gasteiger partial charge in [-0.2, -0.15) is 0 Å². The molecule has 7 heteroatoms. The summed E-state index contributed by atoms with van der Waals surface area (Å²) in [5.74, 6) is -1.34. The highest BCUT2D eigenvalue weighted by atomic mass is 35.5. The fraction of sp³-hybridized carbons (Fsp3) is 0.471. The van der Waals surface area contributed by atoms with Gasteiger partial charge in [0, 0.05) is 6.04 Å². The van der Waals surface area contributed by atoms with Crippen molar-refractivity contribution in [3.63, 3.8) is 0 Å². The molecule has 0 aromatic heterocycles. The van der Waals surface area contributed by atoms with Crippen LogP contribution in [-0.2, 0) is 4.79 Å². The summed E-state index contributed by atoms with van der Waals surface area (Å²) >= 11 is 11.9. The molecule has 1 aliphatic carbocycles. The predicted molar refractivity (Wildman–Crippen MR) is 91.4 cm³/mol. The van der Waals surface area contributed by atoms with Crippen LogP contribution in [0.3, 0.4) is 0 Å². The molecule has 3 amide bonds. The second kappa shape index (κ2) is 6.73. The molecule has 1 aliphatic heterocycles. The first-order valence-electron chi connectivity index (χ1n) is 8.07. The van der Waals surface area contributed by atoms with E-state index in [1.807, 2.05) is 0 Å². The summed E-state index contributed by atoms with van der Waals surface area (Å²) in [6, 6.07) is 2.00. The molecule has 1 atom stereocenters. The molecule has 1 aromatic carbocycles. The van der Waals surface area contributed by atoms with E-state index in [0.29, 0.717) is 0 Å². The Morgan fingerprint density at radius 2 is 1.58 bits per heavy atom. The van der Waals surface area contributed by atoms with Crippen LogP contribution in [0.1, 0.15) is 59.7 Å². The second-order valence-electron chi connectivity index (χ2n) is 6.31. The summed E-state index contributed by atoms with van der Waals surface area (Å²) in [5.41, 5.74) is 0.374. The molecular formula is C17H18Cl2N2O3. The highest BCUT2D eigenvalue weighted by molar-refractivity contribution is 6.43. The van der Waals surface area contributed by atoms with E-state index in [2.05, 4.69) is 5.32 Å². The summed E-state index contributed by atoms with van der Waals surface area (Å²) < 4.78 is 0. The molecule has 5 nitrogen and oxygen atoms in total. The molecule has 128 valence electrons. The molecule has 0 bridgehead atoms. The lowest BCUT2D eigenvalue weighted by Crippen LogP contribution is -2.50. The van der Waals surface area contributed by atoms with Crippen LogP contribution < -0.4 is 5.32 Å². The summed E-state index contributed by atoms with van der Waals surface area (Å²) in [5, 5.41) is 3.36. The van der Waals surface area contributed by atoms with Crippen LogP contribution in [0.25, 0.3) is 0 Å². The Kier molecular flexibility index (Phi) is 4.83. The van der Waals surface area contributed by atoms with Crippen molar-refractivity contribution < 1.29 is 14.4 Å². The Bertz CT molecular complexity index is 673. The zero-order chi connectivity index (χ0) is 17.4. The number of carbonyl (C=O) groups is 3. The number of fused-ring (bicyclic) bond motifs is 1. The SMILES string of the molecule is CC(C(=O)NC1CCCCC1)N1C(=O)c2cc(Cl)c(Cl)cc2C1=O. The first-order valence-corrected chi connectivity index (χ1v) is 8.83. The van der Waals surface area contributed by atoms with Gasteiger partial charge in [0.1, 0.15) is 6.04 Å². The number of hydrogen-bond donors (Lipinski definition) is 1. The quantitative estimate of drug-likeness (QED) is 0.831. The summed E-state index contributed by atoms with van der Waals surface area (Å²) in [4.78, 5) is 38.5. The molecule has 24 heavy (non-hydrogen) atoms. The number of halogens is 2. The summed E-state index contributed by atoms with van der Waals surface area (Å²) in [6.45, 7) is 1.56. The molecule has 1 N–H and O–H groups in total. The summed E-state index contributed by atoms with van der Waals surface area (Å²) in [6.07, 6.45) is 5.23. The largest absolute Gasteiger partial charge is 0.352 e. The Balaban J connectivity index is 1.78. The van der Waals surface area contributed by atoms with Crippen molar-refractivity contribution in [3.05, 3.63) is 33.3 Å². The van der Waals surface area contributed by atoms with Crippen LogP contribution in [0.15, 0.2) is 12.1 Å². The van der Waals surface area contributed by atoms with Crippen molar-refractivity contribution in [1.82, 2.24) is 10.2 Å². The Hall–Kier alpha value is -1.59. The van der Waals surface area contributed by atoms with Crippen molar-refractivity contribution in [1.29, 1.82) is 0 Å². The lowest BCUT2D eigenvalue weighted by atomic mass is 9.95. The van der Waals surface area contributed by atoms with Crippen LogP contribution in [0, 0.1) is 0 Å². The van der Waals surface area contributed by atoms with Gasteiger partial charge in [0.25, 0.3) is 11.8 Å². The van der Waals surface area contributed by atoms with Gasteiger partial charge in [-0.25, -0.2) is 0 Å². The van der Waals surface area contributed by atoms with Gasteiger partial charge in [0.2, 0.25) is 5.91 Å². The Labute approximate surface area is 150 Å². The van der Waals surface area contributed by atoms with Gasteiger partial charge in [-0.1, -0.05) is 42.5 Å². The van der Waals surface area contributed by atoms with Gasteiger partial charge in [0.15, 0.2) is 0 Å². The molecular weight excluding hydrogens is 351 g/mol. The molecule has 0 radical (unpaired) electrons. The van der Waals surface area contributed by atoms with E-state index in [4.69, 9.17) is 23.2 Å². The molecule has 0 saturated heterocycles. The third-order valence-corrected chi connectivity index (χ3v) is 5.40. The molecule has 1 unspecified atom stereocenters. The Morgan fingerprint density at radius 1 is 1.08 bits per heavy atom. The number of amides is 3. The van der Waals surface area contributed by atoms with E-state index in [1.165, 1.54) is 18.6 Å². The maximum absolute atomic E-state index is 12.5. The number of carbonyl (C=O) groups excluding carboxylic acids is 3. The Morgan fingerprint density at radius 3 is 2.08 bits per heavy atom. The van der Waals surface area contributed by atoms with Crippen LogP contribution in [0.5, 0.6) is 0 Å². The van der Waals surface area contributed by atoms with Crippen molar-refractivity contribution in [2.24, 2.45) is 0 Å². The molecule has 1 saturated carbocycles. The third-order valence-electron chi connectivity index (χ3n) is 4.68. The summed E-state index contributed by atoms with van der Waals surface area (Å²) in [7, 11) is 0. The number of benzene rings is 1. The van der Waals surface area contributed by atoms with Crippen molar-refractivity contribution in [2.45, 2.75) is 51.1 Å². The average Bonchev–Trinajstić information content (AvgIpc) is 2.79. The van der Waals surface area contributed by atoms with Crippen LogP contribution in [0.2, 0.25) is 10.0 Å². The number of rotatable bonds is 3. The maximum atomic E-state index is 12.5. The van der Waals surface area contributed by atoms with E-state index in [1.54, 1.807) is 6.92 Å². The van der Waals surface area contributed by atoms with Gasteiger partial charge in [-0.15, -0.1) is 0 Å². The smallest absolute Gasteiger partial charge is 0.262 e. The zero-order valence-electron chi connectivity index (χ0n) is 13.3. The van der Waals surface area contributed by atoms with Gasteiger partial charge in [0.05, 0.1) is 21.2 Å². The molecule has 1 heterocycles. The fourth-order valence-corrected chi connectivity index (χ4v) is 3.62. The van der Waals surface area contributed by atoms with Crippen molar-refractivity contribution in [3.8, 4) is 0 Å². The van der Waals surface area contributed by atoms with Gasteiger partial charge in [-0.05, 0) is 31.9 Å². The van der Waals surface area contributed by atoms with Crippen LogP contribution in [-0.4, -0.2) is 34.7 Å². The fourth-order valence-electron chi connectivity index (χ4n) is 3.29. The normalized spacial score (nSPS) is 19.4. The van der Waals surface area contributed by atoms with E-state index in [9.17, 15) is 14.4 Å². The van der Waals surface area contributed by atoms with Gasteiger partial charge in [-0.3, -0.25) is 19.3 Å². The number of imide groups is 1. The molecule has 1 aromatic rings. The van der Waals surface area contributed by atoms with Crippen LogP contribution >= 0.6 is 23.2 Å².